The zero-order chi connectivity index (χ0) is 13.0. The van der Waals surface area contributed by atoms with Crippen LogP contribution < -0.4 is 0 Å². The minimum absolute atomic E-state index is 0.471. The molecule has 6 heteroatoms. The molecule has 0 atom stereocenters. The molecule has 1 aromatic rings. The molecule has 0 unspecified atom stereocenters. The summed E-state index contributed by atoms with van der Waals surface area (Å²) in [5.41, 5.74) is 1.25. The SMILES string of the molecule is O=S(=O)(Cl)N1CCCN(Cc2ccccc2)CC1. The van der Waals surface area contributed by atoms with Gasteiger partial charge in [0.25, 0.3) is 9.24 Å². The highest BCUT2D eigenvalue weighted by Crippen LogP contribution is 2.13. The fourth-order valence-corrected chi connectivity index (χ4v) is 3.23. The molecule has 1 fully saturated rings. The maximum Gasteiger partial charge on any atom is 0.299 e. The summed E-state index contributed by atoms with van der Waals surface area (Å²) < 4.78 is 23.9. The van der Waals surface area contributed by atoms with Crippen molar-refractivity contribution < 1.29 is 8.42 Å². The summed E-state index contributed by atoms with van der Waals surface area (Å²) in [5.74, 6) is 0. The molecular formula is C12H17ClN2O2S. The van der Waals surface area contributed by atoms with Crippen molar-refractivity contribution in [2.24, 2.45) is 0 Å². The average Bonchev–Trinajstić information content (AvgIpc) is 2.55. The van der Waals surface area contributed by atoms with Crippen molar-refractivity contribution in [2.45, 2.75) is 13.0 Å². The molecule has 4 nitrogen and oxygen atoms in total. The predicted octanol–water partition coefficient (Wildman–Crippen LogP) is 1.68. The van der Waals surface area contributed by atoms with Gasteiger partial charge in [-0.2, -0.15) is 12.7 Å². The van der Waals surface area contributed by atoms with E-state index in [0.29, 0.717) is 13.1 Å². The van der Waals surface area contributed by atoms with Gasteiger partial charge in [0.1, 0.15) is 0 Å². The Balaban J connectivity index is 1.94. The van der Waals surface area contributed by atoms with Crippen LogP contribution in [-0.2, 0) is 15.8 Å². The van der Waals surface area contributed by atoms with E-state index in [2.05, 4.69) is 17.0 Å². The fourth-order valence-electron chi connectivity index (χ4n) is 2.17. The minimum Gasteiger partial charge on any atom is -0.298 e. The maximum atomic E-state index is 11.3. The third kappa shape index (κ3) is 3.95. The number of benzene rings is 1. The van der Waals surface area contributed by atoms with Crippen LogP contribution in [0.5, 0.6) is 0 Å². The van der Waals surface area contributed by atoms with Crippen molar-refractivity contribution >= 4 is 19.9 Å². The van der Waals surface area contributed by atoms with E-state index in [1.54, 1.807) is 0 Å². The molecule has 18 heavy (non-hydrogen) atoms. The molecule has 1 aliphatic heterocycles. The lowest BCUT2D eigenvalue weighted by Crippen LogP contribution is -2.32. The van der Waals surface area contributed by atoms with Gasteiger partial charge in [0.15, 0.2) is 0 Å². The van der Waals surface area contributed by atoms with Gasteiger partial charge in [0.2, 0.25) is 0 Å². The van der Waals surface area contributed by atoms with Crippen LogP contribution in [0.3, 0.4) is 0 Å². The Morgan fingerprint density at radius 1 is 1.06 bits per heavy atom. The highest BCUT2D eigenvalue weighted by atomic mass is 35.7. The second-order valence-electron chi connectivity index (χ2n) is 4.46. The van der Waals surface area contributed by atoms with Crippen molar-refractivity contribution in [1.82, 2.24) is 9.21 Å². The molecule has 100 valence electrons. The Morgan fingerprint density at radius 2 is 1.78 bits per heavy atom. The lowest BCUT2D eigenvalue weighted by molar-refractivity contribution is 0.279. The molecule has 1 heterocycles. The summed E-state index contributed by atoms with van der Waals surface area (Å²) in [6, 6.07) is 10.2. The highest BCUT2D eigenvalue weighted by molar-refractivity contribution is 8.11. The summed E-state index contributed by atoms with van der Waals surface area (Å²) in [6.45, 7) is 3.46. The maximum absolute atomic E-state index is 11.3. The zero-order valence-corrected chi connectivity index (χ0v) is 11.7. The van der Waals surface area contributed by atoms with Crippen molar-refractivity contribution in [3.8, 4) is 0 Å². The molecule has 0 spiro atoms. The summed E-state index contributed by atoms with van der Waals surface area (Å²) in [6.07, 6.45) is 0.818. The first-order valence-electron chi connectivity index (χ1n) is 6.02. The van der Waals surface area contributed by atoms with Crippen LogP contribution in [0.15, 0.2) is 30.3 Å². The molecule has 0 N–H and O–H groups in total. The van der Waals surface area contributed by atoms with Gasteiger partial charge in [-0.3, -0.25) is 4.90 Å². The number of hydrogen-bond donors (Lipinski definition) is 0. The number of rotatable bonds is 3. The quantitative estimate of drug-likeness (QED) is 0.795. The summed E-state index contributed by atoms with van der Waals surface area (Å²) >= 11 is 0. The molecule has 0 amide bonds. The van der Waals surface area contributed by atoms with Crippen molar-refractivity contribution in [3.63, 3.8) is 0 Å². The fraction of sp³-hybridized carbons (Fsp3) is 0.500. The molecule has 1 saturated heterocycles. The summed E-state index contributed by atoms with van der Waals surface area (Å²) in [4.78, 5) is 2.26. The molecule has 1 aromatic carbocycles. The Kier molecular flexibility index (Phi) is 4.61. The van der Waals surface area contributed by atoms with Crippen LogP contribution in [-0.4, -0.2) is 43.8 Å². The van der Waals surface area contributed by atoms with Crippen molar-refractivity contribution in [1.29, 1.82) is 0 Å². The molecule has 0 bridgehead atoms. The summed E-state index contributed by atoms with van der Waals surface area (Å²) in [7, 11) is 1.81. The van der Waals surface area contributed by atoms with Crippen LogP contribution in [0.1, 0.15) is 12.0 Å². The van der Waals surface area contributed by atoms with E-state index in [1.165, 1.54) is 9.87 Å². The van der Waals surface area contributed by atoms with Gasteiger partial charge in [0, 0.05) is 36.9 Å². The van der Waals surface area contributed by atoms with Crippen molar-refractivity contribution in [3.05, 3.63) is 35.9 Å². The average molecular weight is 289 g/mol. The highest BCUT2D eigenvalue weighted by Gasteiger charge is 2.22. The third-order valence-corrected chi connectivity index (χ3v) is 4.67. The van der Waals surface area contributed by atoms with Gasteiger partial charge in [-0.15, -0.1) is 0 Å². The molecule has 0 saturated carbocycles. The van der Waals surface area contributed by atoms with E-state index in [0.717, 1.165) is 26.1 Å². The molecule has 0 aromatic heterocycles. The third-order valence-electron chi connectivity index (χ3n) is 3.10. The number of hydrogen-bond acceptors (Lipinski definition) is 3. The molecular weight excluding hydrogens is 272 g/mol. The topological polar surface area (TPSA) is 40.6 Å². The minimum atomic E-state index is -3.57. The number of nitrogens with zero attached hydrogens (tertiary/aromatic N) is 2. The van der Waals surface area contributed by atoms with Crippen LogP contribution in [0.4, 0.5) is 0 Å². The van der Waals surface area contributed by atoms with E-state index in [1.807, 2.05) is 18.2 Å². The van der Waals surface area contributed by atoms with Crippen LogP contribution in [0, 0.1) is 0 Å². The first kappa shape index (κ1) is 13.8. The van der Waals surface area contributed by atoms with E-state index in [4.69, 9.17) is 10.7 Å². The van der Waals surface area contributed by atoms with E-state index in [-0.39, 0.29) is 0 Å². The van der Waals surface area contributed by atoms with Crippen molar-refractivity contribution in [2.75, 3.05) is 26.2 Å². The Labute approximate surface area is 113 Å². The predicted molar refractivity (Wildman–Crippen MR) is 72.7 cm³/mol. The van der Waals surface area contributed by atoms with Crippen LogP contribution >= 0.6 is 10.7 Å². The van der Waals surface area contributed by atoms with Gasteiger partial charge >= 0.3 is 0 Å². The first-order valence-corrected chi connectivity index (χ1v) is 8.28. The standard InChI is InChI=1S/C12H17ClN2O2S/c13-18(16,17)15-8-4-7-14(9-10-15)11-12-5-2-1-3-6-12/h1-3,5-6H,4,7-11H2. The second-order valence-corrected chi connectivity index (χ2v) is 6.97. The lowest BCUT2D eigenvalue weighted by atomic mass is 10.2. The molecule has 0 aliphatic carbocycles. The number of halogens is 1. The molecule has 0 radical (unpaired) electrons. The van der Waals surface area contributed by atoms with Gasteiger partial charge in [0.05, 0.1) is 0 Å². The van der Waals surface area contributed by atoms with Gasteiger partial charge < -0.3 is 0 Å². The van der Waals surface area contributed by atoms with Crippen LogP contribution in [0.2, 0.25) is 0 Å². The zero-order valence-electron chi connectivity index (χ0n) is 10.1. The Bertz CT molecular complexity index is 478. The smallest absolute Gasteiger partial charge is 0.298 e. The Hall–Kier alpha value is -0.620. The van der Waals surface area contributed by atoms with E-state index < -0.39 is 9.24 Å². The van der Waals surface area contributed by atoms with E-state index in [9.17, 15) is 8.42 Å². The summed E-state index contributed by atoms with van der Waals surface area (Å²) in [5, 5.41) is 0. The van der Waals surface area contributed by atoms with E-state index >= 15 is 0 Å². The normalized spacial score (nSPS) is 19.6. The van der Waals surface area contributed by atoms with Gasteiger partial charge in [-0.1, -0.05) is 30.3 Å². The van der Waals surface area contributed by atoms with Crippen LogP contribution in [0.25, 0.3) is 0 Å². The monoisotopic (exact) mass is 288 g/mol. The lowest BCUT2D eigenvalue weighted by Gasteiger charge is -2.20. The molecule has 2 rings (SSSR count). The Morgan fingerprint density at radius 3 is 2.44 bits per heavy atom. The first-order chi connectivity index (χ1) is 8.55. The van der Waals surface area contributed by atoms with Gasteiger partial charge in [-0.25, -0.2) is 0 Å². The largest absolute Gasteiger partial charge is 0.299 e. The van der Waals surface area contributed by atoms with Gasteiger partial charge in [-0.05, 0) is 18.5 Å². The molecule has 1 aliphatic rings. The second kappa shape index (κ2) is 6.02.